The number of imidazole rings is 1. The molecule has 0 saturated carbocycles. The number of nitro groups is 1. The average molecular weight is 248 g/mol. The van der Waals surface area contributed by atoms with E-state index in [1.54, 1.807) is 7.05 Å². The van der Waals surface area contributed by atoms with Gasteiger partial charge in [-0.2, -0.15) is 0 Å². The van der Waals surface area contributed by atoms with Gasteiger partial charge < -0.3 is 14.6 Å². The lowest BCUT2D eigenvalue weighted by Crippen LogP contribution is -2.03. The van der Waals surface area contributed by atoms with Crippen LogP contribution in [-0.2, 0) is 19.9 Å². The van der Waals surface area contributed by atoms with E-state index in [-0.39, 0.29) is 5.82 Å². The van der Waals surface area contributed by atoms with Gasteiger partial charge in [-0.05, 0) is 24.2 Å². The van der Waals surface area contributed by atoms with Crippen LogP contribution < -0.4 is 0 Å². The molecule has 1 aliphatic rings. The molecule has 94 valence electrons. The number of aryl methyl sites for hydroxylation is 1. The molecule has 0 aliphatic heterocycles. The van der Waals surface area contributed by atoms with Crippen molar-refractivity contribution in [2.75, 3.05) is 0 Å². The Balaban J connectivity index is 2.10. The van der Waals surface area contributed by atoms with Gasteiger partial charge in [-0.15, -0.1) is 0 Å². The lowest BCUT2D eigenvalue weighted by Gasteiger charge is -2.07. The maximum atomic E-state index is 10.8. The van der Waals surface area contributed by atoms with Gasteiger partial charge in [0.25, 0.3) is 5.82 Å². The summed E-state index contributed by atoms with van der Waals surface area (Å²) < 4.78 is 6.73. The van der Waals surface area contributed by atoms with Crippen molar-refractivity contribution in [1.29, 1.82) is 0 Å². The molecule has 0 unspecified atom stereocenters. The van der Waals surface area contributed by atoms with Crippen LogP contribution in [0.25, 0.3) is 11.5 Å². The van der Waals surface area contributed by atoms with Gasteiger partial charge in [0.2, 0.25) is 0 Å². The lowest BCUT2D eigenvalue weighted by atomic mass is 9.96. The van der Waals surface area contributed by atoms with Gasteiger partial charge >= 0.3 is 5.82 Å². The second-order valence-corrected chi connectivity index (χ2v) is 4.40. The largest absolute Gasteiger partial charge is 0.360 e. The minimum absolute atomic E-state index is 0.0439. The zero-order valence-electron chi connectivity index (χ0n) is 9.92. The minimum Gasteiger partial charge on any atom is -0.360 e. The molecule has 2 aromatic heterocycles. The molecule has 0 amide bonds. The van der Waals surface area contributed by atoms with Gasteiger partial charge in [0.15, 0.2) is 5.69 Å². The van der Waals surface area contributed by atoms with Crippen LogP contribution >= 0.6 is 0 Å². The molecular formula is C11H12N4O3. The highest BCUT2D eigenvalue weighted by Crippen LogP contribution is 2.31. The van der Waals surface area contributed by atoms with Crippen molar-refractivity contribution >= 4 is 5.82 Å². The smallest absolute Gasteiger partial charge is 0.342 e. The Bertz CT molecular complexity index is 614. The molecule has 0 bridgehead atoms. The molecule has 0 N–H and O–H groups in total. The molecule has 18 heavy (non-hydrogen) atoms. The predicted molar refractivity (Wildman–Crippen MR) is 62.0 cm³/mol. The zero-order valence-corrected chi connectivity index (χ0v) is 9.92. The van der Waals surface area contributed by atoms with Gasteiger partial charge in [0.05, 0.1) is 7.05 Å². The fourth-order valence-corrected chi connectivity index (χ4v) is 2.35. The molecule has 7 nitrogen and oxygen atoms in total. The van der Waals surface area contributed by atoms with E-state index in [0.29, 0.717) is 11.5 Å². The Kier molecular flexibility index (Phi) is 2.39. The van der Waals surface area contributed by atoms with Crippen LogP contribution in [0.1, 0.15) is 24.2 Å². The molecule has 7 heteroatoms. The first-order valence-corrected chi connectivity index (χ1v) is 5.82. The second kappa shape index (κ2) is 3.94. The minimum atomic E-state index is -0.455. The SMILES string of the molecule is Cn1c([N+](=O)[O-])cnc1-c1noc2c1CCCC2. The number of aromatic nitrogens is 3. The van der Waals surface area contributed by atoms with Gasteiger partial charge in [-0.25, -0.2) is 9.55 Å². The molecule has 2 heterocycles. The predicted octanol–water partition coefficient (Wildman–Crippen LogP) is 1.86. The molecule has 0 fully saturated rings. The molecule has 0 saturated heterocycles. The lowest BCUT2D eigenvalue weighted by molar-refractivity contribution is -0.391. The van der Waals surface area contributed by atoms with E-state index < -0.39 is 4.92 Å². The summed E-state index contributed by atoms with van der Waals surface area (Å²) in [4.78, 5) is 14.4. The van der Waals surface area contributed by atoms with Crippen LogP contribution in [0.2, 0.25) is 0 Å². The Morgan fingerprint density at radius 1 is 1.44 bits per heavy atom. The quantitative estimate of drug-likeness (QED) is 0.598. The van der Waals surface area contributed by atoms with Crippen molar-refractivity contribution in [2.24, 2.45) is 7.05 Å². The van der Waals surface area contributed by atoms with Gasteiger partial charge in [-0.3, -0.25) is 0 Å². The molecule has 0 aromatic carbocycles. The first kappa shape index (κ1) is 10.9. The van der Waals surface area contributed by atoms with Crippen LogP contribution in [0.15, 0.2) is 10.7 Å². The maximum Gasteiger partial charge on any atom is 0.342 e. The van der Waals surface area contributed by atoms with E-state index in [2.05, 4.69) is 10.1 Å². The summed E-state index contributed by atoms with van der Waals surface area (Å²) >= 11 is 0. The Morgan fingerprint density at radius 3 is 2.94 bits per heavy atom. The maximum absolute atomic E-state index is 10.8. The van der Waals surface area contributed by atoms with Crippen LogP contribution in [0, 0.1) is 10.1 Å². The summed E-state index contributed by atoms with van der Waals surface area (Å²) in [6, 6.07) is 0. The average Bonchev–Trinajstić information content (AvgIpc) is 2.92. The van der Waals surface area contributed by atoms with Crippen molar-refractivity contribution < 1.29 is 9.45 Å². The number of rotatable bonds is 2. The monoisotopic (exact) mass is 248 g/mol. The summed E-state index contributed by atoms with van der Waals surface area (Å²) in [6.07, 6.45) is 5.22. The third-order valence-electron chi connectivity index (χ3n) is 3.31. The first-order chi connectivity index (χ1) is 8.68. The third kappa shape index (κ3) is 1.51. The van der Waals surface area contributed by atoms with Gasteiger partial charge in [0, 0.05) is 12.0 Å². The molecule has 2 aromatic rings. The van der Waals surface area contributed by atoms with Crippen molar-refractivity contribution in [2.45, 2.75) is 25.7 Å². The number of nitrogens with zero attached hydrogens (tertiary/aromatic N) is 4. The normalized spacial score (nSPS) is 14.5. The fraction of sp³-hybridized carbons (Fsp3) is 0.455. The molecule has 3 rings (SSSR count). The molecule has 0 spiro atoms. The van der Waals surface area contributed by atoms with E-state index in [1.165, 1.54) is 10.8 Å². The summed E-state index contributed by atoms with van der Waals surface area (Å²) in [5.74, 6) is 1.34. The summed E-state index contributed by atoms with van der Waals surface area (Å²) in [5, 5.41) is 14.8. The summed E-state index contributed by atoms with van der Waals surface area (Å²) in [5.41, 5.74) is 1.69. The van der Waals surface area contributed by atoms with Crippen molar-refractivity contribution in [1.82, 2.24) is 14.7 Å². The summed E-state index contributed by atoms with van der Waals surface area (Å²) in [6.45, 7) is 0. The van der Waals surface area contributed by atoms with E-state index in [0.717, 1.165) is 37.0 Å². The Hall–Kier alpha value is -2.18. The Labute approximate surface area is 103 Å². The fourth-order valence-electron chi connectivity index (χ4n) is 2.35. The van der Waals surface area contributed by atoms with E-state index in [1.807, 2.05) is 0 Å². The van der Waals surface area contributed by atoms with E-state index in [4.69, 9.17) is 4.52 Å². The van der Waals surface area contributed by atoms with Crippen molar-refractivity contribution in [3.63, 3.8) is 0 Å². The molecule has 1 aliphatic carbocycles. The molecule has 0 atom stereocenters. The standard InChI is InChI=1S/C11H12N4O3/c1-14-9(15(16)17)6-12-11(14)10-7-4-2-3-5-8(7)18-13-10/h6H,2-5H2,1H3. The highest BCUT2D eigenvalue weighted by molar-refractivity contribution is 5.58. The van der Waals surface area contributed by atoms with Crippen LogP contribution in [0.4, 0.5) is 5.82 Å². The topological polar surface area (TPSA) is 87.0 Å². The first-order valence-electron chi connectivity index (χ1n) is 5.82. The van der Waals surface area contributed by atoms with Crippen molar-refractivity contribution in [3.05, 3.63) is 27.6 Å². The second-order valence-electron chi connectivity index (χ2n) is 4.40. The van der Waals surface area contributed by atoms with E-state index >= 15 is 0 Å². The highest BCUT2D eigenvalue weighted by Gasteiger charge is 2.27. The molecule has 0 radical (unpaired) electrons. The van der Waals surface area contributed by atoms with Gasteiger partial charge in [-0.1, -0.05) is 5.16 Å². The number of fused-ring (bicyclic) bond motifs is 1. The number of hydrogen-bond donors (Lipinski definition) is 0. The van der Waals surface area contributed by atoms with Crippen LogP contribution in [0.5, 0.6) is 0 Å². The van der Waals surface area contributed by atoms with E-state index in [9.17, 15) is 10.1 Å². The van der Waals surface area contributed by atoms with Crippen LogP contribution in [-0.4, -0.2) is 19.6 Å². The third-order valence-corrected chi connectivity index (χ3v) is 3.31. The Morgan fingerprint density at radius 2 is 2.22 bits per heavy atom. The molecular weight excluding hydrogens is 236 g/mol. The zero-order chi connectivity index (χ0) is 12.7. The number of hydrogen-bond acceptors (Lipinski definition) is 5. The summed E-state index contributed by atoms with van der Waals surface area (Å²) in [7, 11) is 1.62. The van der Waals surface area contributed by atoms with Crippen LogP contribution in [0.3, 0.4) is 0 Å². The van der Waals surface area contributed by atoms with Gasteiger partial charge in [0.1, 0.15) is 12.0 Å². The van der Waals surface area contributed by atoms with Crippen molar-refractivity contribution in [3.8, 4) is 11.5 Å². The highest BCUT2D eigenvalue weighted by atomic mass is 16.6.